The van der Waals surface area contributed by atoms with Crippen LogP contribution in [-0.4, -0.2) is 12.1 Å². The molecule has 0 saturated carbocycles. The van der Waals surface area contributed by atoms with Gasteiger partial charge in [0.05, 0.1) is 7.11 Å². The first-order chi connectivity index (χ1) is 5.95. The van der Waals surface area contributed by atoms with Crippen molar-refractivity contribution in [1.82, 2.24) is 4.98 Å². The van der Waals surface area contributed by atoms with Gasteiger partial charge >= 0.3 is 0 Å². The second-order valence-corrected chi connectivity index (χ2v) is 4.69. The Hall–Kier alpha value is -0.570. The van der Waals surface area contributed by atoms with E-state index in [1.54, 1.807) is 7.11 Å². The number of hydrogen-bond donors (Lipinski definition) is 0. The Bertz CT molecular complexity index is 304. The fourth-order valence-corrected chi connectivity index (χ4v) is 1.48. The Balaban J connectivity index is 3.10. The van der Waals surface area contributed by atoms with Gasteiger partial charge in [0, 0.05) is 11.1 Å². The fourth-order valence-electron chi connectivity index (χ4n) is 0.991. The molecule has 0 spiro atoms. The van der Waals surface area contributed by atoms with Gasteiger partial charge in [0.1, 0.15) is 4.60 Å². The van der Waals surface area contributed by atoms with Crippen molar-refractivity contribution >= 4 is 15.9 Å². The van der Waals surface area contributed by atoms with Crippen LogP contribution in [0.4, 0.5) is 0 Å². The highest BCUT2D eigenvalue weighted by Gasteiger charge is 2.16. The number of ether oxygens (including phenoxy) is 1. The van der Waals surface area contributed by atoms with Crippen molar-refractivity contribution in [3.05, 3.63) is 22.4 Å². The van der Waals surface area contributed by atoms with Gasteiger partial charge in [-0.3, -0.25) is 0 Å². The summed E-state index contributed by atoms with van der Waals surface area (Å²) in [4.78, 5) is 4.41. The predicted molar refractivity (Wildman–Crippen MR) is 57.2 cm³/mol. The largest absolute Gasteiger partial charge is 0.494 e. The lowest BCUT2D eigenvalue weighted by atomic mass is 9.92. The SMILES string of the molecule is COc1ccc(C(C)(C)C)nc1Br. The molecule has 0 radical (unpaired) electrons. The summed E-state index contributed by atoms with van der Waals surface area (Å²) in [5.41, 5.74) is 1.13. The minimum absolute atomic E-state index is 0.0782. The van der Waals surface area contributed by atoms with Crippen LogP contribution in [0, 0.1) is 0 Å². The molecule has 13 heavy (non-hydrogen) atoms. The molecular weight excluding hydrogens is 230 g/mol. The van der Waals surface area contributed by atoms with E-state index in [1.807, 2.05) is 12.1 Å². The van der Waals surface area contributed by atoms with Gasteiger partial charge in [-0.15, -0.1) is 0 Å². The zero-order valence-corrected chi connectivity index (χ0v) is 9.97. The number of aromatic nitrogens is 1. The lowest BCUT2D eigenvalue weighted by molar-refractivity contribution is 0.408. The summed E-state index contributed by atoms with van der Waals surface area (Å²) in [6, 6.07) is 3.92. The zero-order chi connectivity index (χ0) is 10.1. The molecule has 3 heteroatoms. The molecule has 0 atom stereocenters. The Labute approximate surface area is 87.5 Å². The third kappa shape index (κ3) is 2.44. The Kier molecular flexibility index (Phi) is 2.96. The summed E-state index contributed by atoms with van der Waals surface area (Å²) in [5, 5.41) is 0. The Morgan fingerprint density at radius 1 is 1.31 bits per heavy atom. The highest BCUT2D eigenvalue weighted by molar-refractivity contribution is 9.10. The summed E-state index contributed by atoms with van der Waals surface area (Å²) < 4.78 is 5.87. The summed E-state index contributed by atoms with van der Waals surface area (Å²) >= 11 is 3.36. The molecule has 1 rings (SSSR count). The van der Waals surface area contributed by atoms with Gasteiger partial charge in [0.15, 0.2) is 5.75 Å². The molecule has 1 aromatic rings. The molecule has 0 aliphatic rings. The van der Waals surface area contributed by atoms with Crippen LogP contribution in [-0.2, 0) is 5.41 Å². The normalized spacial score (nSPS) is 11.5. The average molecular weight is 244 g/mol. The molecule has 0 aliphatic carbocycles. The summed E-state index contributed by atoms with van der Waals surface area (Å²) in [6.45, 7) is 6.40. The lowest BCUT2D eigenvalue weighted by Gasteiger charge is -2.18. The summed E-state index contributed by atoms with van der Waals surface area (Å²) in [7, 11) is 1.64. The van der Waals surface area contributed by atoms with Crippen molar-refractivity contribution < 1.29 is 4.74 Å². The van der Waals surface area contributed by atoms with Crippen LogP contribution < -0.4 is 4.74 Å². The van der Waals surface area contributed by atoms with E-state index in [4.69, 9.17) is 4.74 Å². The van der Waals surface area contributed by atoms with Gasteiger partial charge in [-0.2, -0.15) is 0 Å². The van der Waals surface area contributed by atoms with Crippen molar-refractivity contribution in [3.63, 3.8) is 0 Å². The van der Waals surface area contributed by atoms with Crippen molar-refractivity contribution in [1.29, 1.82) is 0 Å². The lowest BCUT2D eigenvalue weighted by Crippen LogP contribution is -2.13. The fraction of sp³-hybridized carbons (Fsp3) is 0.500. The van der Waals surface area contributed by atoms with E-state index in [0.717, 1.165) is 16.0 Å². The number of pyridine rings is 1. The molecule has 0 unspecified atom stereocenters. The molecule has 0 N–H and O–H groups in total. The number of methoxy groups -OCH3 is 1. The molecule has 0 saturated heterocycles. The molecule has 0 aromatic carbocycles. The second kappa shape index (κ2) is 3.66. The number of rotatable bonds is 1. The maximum atomic E-state index is 5.10. The first-order valence-electron chi connectivity index (χ1n) is 4.16. The Morgan fingerprint density at radius 2 is 1.92 bits per heavy atom. The monoisotopic (exact) mass is 243 g/mol. The first-order valence-corrected chi connectivity index (χ1v) is 4.95. The number of nitrogens with zero attached hydrogens (tertiary/aromatic N) is 1. The maximum Gasteiger partial charge on any atom is 0.151 e. The van der Waals surface area contributed by atoms with Crippen LogP contribution in [0.2, 0.25) is 0 Å². The van der Waals surface area contributed by atoms with Crippen LogP contribution in [0.5, 0.6) is 5.75 Å². The van der Waals surface area contributed by atoms with E-state index in [1.165, 1.54) is 0 Å². The highest BCUT2D eigenvalue weighted by Crippen LogP contribution is 2.27. The van der Waals surface area contributed by atoms with Crippen molar-refractivity contribution in [2.24, 2.45) is 0 Å². The molecule has 1 aromatic heterocycles. The number of halogens is 1. The van der Waals surface area contributed by atoms with Gasteiger partial charge in [0.25, 0.3) is 0 Å². The quantitative estimate of drug-likeness (QED) is 0.708. The van der Waals surface area contributed by atoms with Crippen LogP contribution in [0.1, 0.15) is 26.5 Å². The van der Waals surface area contributed by atoms with E-state index in [2.05, 4.69) is 41.7 Å². The standard InChI is InChI=1S/C10H14BrNO/c1-10(2,3)8-6-5-7(13-4)9(11)12-8/h5-6H,1-4H3. The molecule has 0 fully saturated rings. The first kappa shape index (κ1) is 10.5. The van der Waals surface area contributed by atoms with Gasteiger partial charge in [-0.25, -0.2) is 4.98 Å². The molecule has 1 heterocycles. The van der Waals surface area contributed by atoms with Crippen LogP contribution >= 0.6 is 15.9 Å². The summed E-state index contributed by atoms with van der Waals surface area (Å²) in [6.07, 6.45) is 0. The van der Waals surface area contributed by atoms with Gasteiger partial charge < -0.3 is 4.74 Å². The molecule has 2 nitrogen and oxygen atoms in total. The van der Waals surface area contributed by atoms with E-state index >= 15 is 0 Å². The van der Waals surface area contributed by atoms with Crippen molar-refractivity contribution in [2.75, 3.05) is 7.11 Å². The Morgan fingerprint density at radius 3 is 2.31 bits per heavy atom. The van der Waals surface area contributed by atoms with E-state index in [0.29, 0.717) is 0 Å². The third-order valence-electron chi connectivity index (χ3n) is 1.80. The van der Waals surface area contributed by atoms with E-state index in [-0.39, 0.29) is 5.41 Å². The minimum atomic E-state index is 0.0782. The van der Waals surface area contributed by atoms with E-state index < -0.39 is 0 Å². The topological polar surface area (TPSA) is 22.1 Å². The molecule has 0 aliphatic heterocycles. The average Bonchev–Trinajstić information content (AvgIpc) is 2.02. The van der Waals surface area contributed by atoms with E-state index in [9.17, 15) is 0 Å². The van der Waals surface area contributed by atoms with Gasteiger partial charge in [-0.1, -0.05) is 20.8 Å². The van der Waals surface area contributed by atoms with Crippen molar-refractivity contribution in [3.8, 4) is 5.75 Å². The van der Waals surface area contributed by atoms with Crippen LogP contribution in [0.15, 0.2) is 16.7 Å². The molecule has 72 valence electrons. The minimum Gasteiger partial charge on any atom is -0.494 e. The van der Waals surface area contributed by atoms with Gasteiger partial charge in [0.2, 0.25) is 0 Å². The maximum absolute atomic E-state index is 5.10. The number of hydrogen-bond acceptors (Lipinski definition) is 2. The molecule has 0 amide bonds. The van der Waals surface area contributed by atoms with Crippen LogP contribution in [0.25, 0.3) is 0 Å². The third-order valence-corrected chi connectivity index (χ3v) is 2.37. The highest BCUT2D eigenvalue weighted by atomic mass is 79.9. The second-order valence-electron chi connectivity index (χ2n) is 3.94. The van der Waals surface area contributed by atoms with Crippen molar-refractivity contribution in [2.45, 2.75) is 26.2 Å². The smallest absolute Gasteiger partial charge is 0.151 e. The molecule has 0 bridgehead atoms. The molecular formula is C10H14BrNO. The summed E-state index contributed by atoms with van der Waals surface area (Å²) in [5.74, 6) is 0.771. The van der Waals surface area contributed by atoms with Gasteiger partial charge in [-0.05, 0) is 28.1 Å². The zero-order valence-electron chi connectivity index (χ0n) is 8.39. The van der Waals surface area contributed by atoms with Crippen LogP contribution in [0.3, 0.4) is 0 Å². The predicted octanol–water partition coefficient (Wildman–Crippen LogP) is 3.15.